The van der Waals surface area contributed by atoms with Gasteiger partial charge in [0.25, 0.3) is 5.91 Å². The van der Waals surface area contributed by atoms with Crippen molar-refractivity contribution < 1.29 is 17.4 Å². The van der Waals surface area contributed by atoms with Crippen LogP contribution in [-0.2, 0) is 14.5 Å². The summed E-state index contributed by atoms with van der Waals surface area (Å²) >= 11 is 0. The number of carbonyl (C=O) groups excluding carboxylic acids is 1. The molecule has 0 atom stereocenters. The molecule has 0 aliphatic heterocycles. The number of carbonyl (C=O) groups is 1. The molecule has 0 aliphatic carbocycles. The maximum absolute atomic E-state index is 12.2. The van der Waals surface area contributed by atoms with Crippen LogP contribution in [0.15, 0.2) is 48.5 Å². The summed E-state index contributed by atoms with van der Waals surface area (Å²) in [5.41, 5.74) is 7.74. The molecule has 0 heterocycles. The molecule has 0 aromatic heterocycles. The average molecular weight is 320 g/mol. The first-order valence-electron chi connectivity index (χ1n) is 6.59. The molecule has 2 aromatic carbocycles. The number of anilines is 1. The quantitative estimate of drug-likeness (QED) is 0.820. The van der Waals surface area contributed by atoms with Gasteiger partial charge < -0.3 is 5.73 Å². The number of rotatable bonds is 5. The Labute approximate surface area is 129 Å². The van der Waals surface area contributed by atoms with Crippen LogP contribution in [0.2, 0.25) is 0 Å². The standard InChI is InChI=1S/C15H16N2O4S/c1-2-21-22(19,20)17-15(18)13-9-8-12(16)10-14(13)11-6-4-3-5-7-11/h3-10H,2,16H2,1H3,(H,17,18). The van der Waals surface area contributed by atoms with E-state index in [0.29, 0.717) is 11.3 Å². The van der Waals surface area contributed by atoms with E-state index in [4.69, 9.17) is 5.73 Å². The molecule has 1 amide bonds. The average Bonchev–Trinajstić information content (AvgIpc) is 2.47. The molecule has 0 aliphatic rings. The van der Waals surface area contributed by atoms with Crippen molar-refractivity contribution >= 4 is 21.9 Å². The number of nitrogens with one attached hydrogen (secondary N) is 1. The highest BCUT2D eigenvalue weighted by atomic mass is 32.2. The molecule has 0 spiro atoms. The Bertz CT molecular complexity index is 773. The second-order valence-electron chi connectivity index (χ2n) is 4.46. The number of hydrogen-bond acceptors (Lipinski definition) is 5. The molecule has 116 valence electrons. The van der Waals surface area contributed by atoms with Crippen molar-refractivity contribution in [3.8, 4) is 11.1 Å². The van der Waals surface area contributed by atoms with Crippen LogP contribution >= 0.6 is 0 Å². The van der Waals surface area contributed by atoms with E-state index in [1.165, 1.54) is 19.1 Å². The van der Waals surface area contributed by atoms with Gasteiger partial charge in [-0.3, -0.25) is 8.98 Å². The van der Waals surface area contributed by atoms with Gasteiger partial charge >= 0.3 is 10.3 Å². The van der Waals surface area contributed by atoms with E-state index in [1.807, 2.05) is 35.1 Å². The zero-order valence-electron chi connectivity index (χ0n) is 11.9. The van der Waals surface area contributed by atoms with E-state index >= 15 is 0 Å². The topological polar surface area (TPSA) is 98.5 Å². The zero-order chi connectivity index (χ0) is 16.2. The summed E-state index contributed by atoms with van der Waals surface area (Å²) in [5.74, 6) is -0.771. The molecule has 7 heteroatoms. The van der Waals surface area contributed by atoms with Crippen molar-refractivity contribution in [3.05, 3.63) is 54.1 Å². The third-order valence-corrected chi connectivity index (χ3v) is 3.85. The summed E-state index contributed by atoms with van der Waals surface area (Å²) in [7, 11) is -4.12. The predicted octanol–water partition coefficient (Wildman–Crippen LogP) is 1.95. The molecule has 2 aromatic rings. The Balaban J connectivity index is 2.42. The van der Waals surface area contributed by atoms with E-state index in [1.54, 1.807) is 6.07 Å². The number of nitrogens with two attached hydrogens (primary N) is 1. The maximum Gasteiger partial charge on any atom is 0.362 e. The van der Waals surface area contributed by atoms with E-state index in [0.717, 1.165) is 5.56 Å². The van der Waals surface area contributed by atoms with Gasteiger partial charge in [-0.1, -0.05) is 30.3 Å². The molecule has 0 fully saturated rings. The highest BCUT2D eigenvalue weighted by Crippen LogP contribution is 2.26. The van der Waals surface area contributed by atoms with Gasteiger partial charge in [-0.25, -0.2) is 4.72 Å². The third kappa shape index (κ3) is 3.84. The lowest BCUT2D eigenvalue weighted by atomic mass is 9.99. The van der Waals surface area contributed by atoms with Crippen LogP contribution in [0.3, 0.4) is 0 Å². The lowest BCUT2D eigenvalue weighted by molar-refractivity contribution is 0.0977. The van der Waals surface area contributed by atoms with Crippen LogP contribution in [0.5, 0.6) is 0 Å². The van der Waals surface area contributed by atoms with Gasteiger partial charge in [-0.2, -0.15) is 8.42 Å². The van der Waals surface area contributed by atoms with Crippen molar-refractivity contribution in [2.45, 2.75) is 6.92 Å². The fourth-order valence-corrected chi connectivity index (χ4v) is 2.68. The number of hydrogen-bond donors (Lipinski definition) is 2. The Hall–Kier alpha value is -2.38. The monoisotopic (exact) mass is 320 g/mol. The van der Waals surface area contributed by atoms with Crippen LogP contribution < -0.4 is 10.5 Å². The van der Waals surface area contributed by atoms with Crippen molar-refractivity contribution in [1.82, 2.24) is 4.72 Å². The molecule has 0 saturated heterocycles. The lowest BCUT2D eigenvalue weighted by Gasteiger charge is -2.11. The minimum absolute atomic E-state index is 0.0596. The van der Waals surface area contributed by atoms with Gasteiger partial charge in [0.05, 0.1) is 6.61 Å². The normalized spacial score (nSPS) is 11.1. The van der Waals surface area contributed by atoms with E-state index in [9.17, 15) is 13.2 Å². The minimum Gasteiger partial charge on any atom is -0.399 e. The summed E-state index contributed by atoms with van der Waals surface area (Å²) in [6, 6.07) is 13.7. The van der Waals surface area contributed by atoms with E-state index < -0.39 is 16.2 Å². The van der Waals surface area contributed by atoms with Gasteiger partial charge in [-0.05, 0) is 36.2 Å². The third-order valence-electron chi connectivity index (χ3n) is 2.86. The molecule has 22 heavy (non-hydrogen) atoms. The van der Waals surface area contributed by atoms with Crippen LogP contribution in [-0.4, -0.2) is 20.9 Å². The van der Waals surface area contributed by atoms with Gasteiger partial charge in [-0.15, -0.1) is 0 Å². The summed E-state index contributed by atoms with van der Waals surface area (Å²) in [6.45, 7) is 1.46. The zero-order valence-corrected chi connectivity index (χ0v) is 12.8. The summed E-state index contributed by atoms with van der Waals surface area (Å²) in [5, 5.41) is 0. The van der Waals surface area contributed by atoms with Crippen LogP contribution in [0, 0.1) is 0 Å². The molecular weight excluding hydrogens is 304 g/mol. The minimum atomic E-state index is -4.12. The molecule has 6 nitrogen and oxygen atoms in total. The highest BCUT2D eigenvalue weighted by Gasteiger charge is 2.19. The highest BCUT2D eigenvalue weighted by molar-refractivity contribution is 7.85. The van der Waals surface area contributed by atoms with Gasteiger partial charge in [0, 0.05) is 11.3 Å². The maximum atomic E-state index is 12.2. The number of nitrogen functional groups attached to an aromatic ring is 1. The van der Waals surface area contributed by atoms with E-state index in [-0.39, 0.29) is 12.2 Å². The first-order chi connectivity index (χ1) is 10.4. The van der Waals surface area contributed by atoms with Crippen molar-refractivity contribution in [2.24, 2.45) is 0 Å². The van der Waals surface area contributed by atoms with Gasteiger partial charge in [0.2, 0.25) is 0 Å². The molecule has 0 radical (unpaired) electrons. The first-order valence-corrected chi connectivity index (χ1v) is 8.00. The molecule has 3 N–H and O–H groups in total. The van der Waals surface area contributed by atoms with Crippen LogP contribution in [0.4, 0.5) is 5.69 Å². The number of amides is 1. The Morgan fingerprint density at radius 2 is 1.86 bits per heavy atom. The lowest BCUT2D eigenvalue weighted by Crippen LogP contribution is -2.32. The molecule has 2 rings (SSSR count). The fourth-order valence-electron chi connectivity index (χ4n) is 1.97. The summed E-state index contributed by atoms with van der Waals surface area (Å²) < 4.78 is 29.5. The van der Waals surface area contributed by atoms with Crippen LogP contribution in [0.25, 0.3) is 11.1 Å². The molecule has 0 unspecified atom stereocenters. The second kappa shape index (κ2) is 6.59. The SMILES string of the molecule is CCOS(=O)(=O)NC(=O)c1ccc(N)cc1-c1ccccc1. The molecule has 0 saturated carbocycles. The summed E-state index contributed by atoms with van der Waals surface area (Å²) in [4.78, 5) is 12.2. The van der Waals surface area contributed by atoms with Gasteiger partial charge in [0.15, 0.2) is 0 Å². The fraction of sp³-hybridized carbons (Fsp3) is 0.133. The summed E-state index contributed by atoms with van der Waals surface area (Å²) in [6.07, 6.45) is 0. The van der Waals surface area contributed by atoms with Gasteiger partial charge in [0.1, 0.15) is 0 Å². The van der Waals surface area contributed by atoms with Crippen molar-refractivity contribution in [1.29, 1.82) is 0 Å². The number of benzene rings is 2. The largest absolute Gasteiger partial charge is 0.399 e. The Kier molecular flexibility index (Phi) is 4.79. The molecular formula is C15H16N2O4S. The first kappa shape index (κ1) is 16.0. The second-order valence-corrected chi connectivity index (χ2v) is 5.81. The Morgan fingerprint density at radius 1 is 1.18 bits per heavy atom. The Morgan fingerprint density at radius 3 is 2.50 bits per heavy atom. The predicted molar refractivity (Wildman–Crippen MR) is 84.3 cm³/mol. The van der Waals surface area contributed by atoms with Crippen molar-refractivity contribution in [2.75, 3.05) is 12.3 Å². The van der Waals surface area contributed by atoms with E-state index in [2.05, 4.69) is 4.18 Å². The molecule has 0 bridgehead atoms. The van der Waals surface area contributed by atoms with Crippen LogP contribution in [0.1, 0.15) is 17.3 Å². The smallest absolute Gasteiger partial charge is 0.362 e. The van der Waals surface area contributed by atoms with Crippen molar-refractivity contribution in [3.63, 3.8) is 0 Å².